The molecule has 18 heavy (non-hydrogen) atoms. The first-order valence-electron chi connectivity index (χ1n) is 5.42. The summed E-state index contributed by atoms with van der Waals surface area (Å²) in [6.07, 6.45) is 0. The molecule has 1 aromatic carbocycles. The lowest BCUT2D eigenvalue weighted by molar-refractivity contribution is -0.122. The van der Waals surface area contributed by atoms with Gasteiger partial charge in [-0.2, -0.15) is 4.72 Å². The van der Waals surface area contributed by atoms with Crippen molar-refractivity contribution in [3.63, 3.8) is 0 Å². The van der Waals surface area contributed by atoms with Crippen LogP contribution in [0.4, 0.5) is 0 Å². The number of hydrogen-bond acceptors (Lipinski definition) is 3. The van der Waals surface area contributed by atoms with E-state index >= 15 is 0 Å². The Labute approximate surface area is 115 Å². The molecular weight excluding hydrogens is 320 g/mol. The number of halogens is 1. The van der Waals surface area contributed by atoms with Crippen molar-refractivity contribution in [2.45, 2.75) is 24.8 Å². The molecule has 0 aliphatic heterocycles. The van der Waals surface area contributed by atoms with Crippen LogP contribution in [0.15, 0.2) is 33.6 Å². The summed E-state index contributed by atoms with van der Waals surface area (Å²) in [5.41, 5.74) is 0. The molecule has 1 rings (SSSR count). The number of amides is 1. The Bertz CT molecular complexity index is 531. The first-order chi connectivity index (χ1) is 8.36. The number of sulfonamides is 1. The molecule has 0 radical (unpaired) electrons. The second-order valence-corrected chi connectivity index (χ2v) is 6.32. The highest BCUT2D eigenvalue weighted by molar-refractivity contribution is 9.10. The smallest absolute Gasteiger partial charge is 0.241 e. The zero-order valence-corrected chi connectivity index (χ0v) is 12.5. The van der Waals surface area contributed by atoms with E-state index < -0.39 is 16.1 Å². The molecule has 1 amide bonds. The Hall–Kier alpha value is -0.920. The predicted octanol–water partition coefficient (Wildman–Crippen LogP) is 1.25. The van der Waals surface area contributed by atoms with Crippen LogP contribution in [0.25, 0.3) is 0 Å². The standard InChI is InChI=1S/C11H15BrN2O3S/c1-3-13-11(15)8(2)14-18(16,17)10-6-4-5-9(12)7-10/h4-8,14H,3H2,1-2H3,(H,13,15)/t8-/m0/s1. The Morgan fingerprint density at radius 2 is 2.11 bits per heavy atom. The van der Waals surface area contributed by atoms with Gasteiger partial charge >= 0.3 is 0 Å². The maximum atomic E-state index is 12.0. The van der Waals surface area contributed by atoms with Crippen LogP contribution in [0.2, 0.25) is 0 Å². The maximum absolute atomic E-state index is 12.0. The van der Waals surface area contributed by atoms with E-state index in [1.807, 2.05) is 0 Å². The van der Waals surface area contributed by atoms with Gasteiger partial charge in [0.05, 0.1) is 10.9 Å². The molecule has 0 spiro atoms. The van der Waals surface area contributed by atoms with Crippen molar-refractivity contribution in [1.82, 2.24) is 10.0 Å². The summed E-state index contributed by atoms with van der Waals surface area (Å²) in [5, 5.41) is 2.56. The molecule has 1 atom stereocenters. The first kappa shape index (κ1) is 15.1. The van der Waals surface area contributed by atoms with Crippen molar-refractivity contribution >= 4 is 31.9 Å². The maximum Gasteiger partial charge on any atom is 0.241 e. The van der Waals surface area contributed by atoms with Crippen LogP contribution in [-0.4, -0.2) is 26.9 Å². The summed E-state index contributed by atoms with van der Waals surface area (Å²) in [6, 6.07) is 5.49. The van der Waals surface area contributed by atoms with Crippen molar-refractivity contribution < 1.29 is 13.2 Å². The summed E-state index contributed by atoms with van der Waals surface area (Å²) in [6.45, 7) is 3.73. The Balaban J connectivity index is 2.86. The van der Waals surface area contributed by atoms with Crippen molar-refractivity contribution in [2.75, 3.05) is 6.54 Å². The number of benzene rings is 1. The Morgan fingerprint density at radius 1 is 1.44 bits per heavy atom. The van der Waals surface area contributed by atoms with E-state index in [-0.39, 0.29) is 10.8 Å². The molecule has 0 aromatic heterocycles. The molecule has 0 aliphatic rings. The fourth-order valence-corrected chi connectivity index (χ4v) is 3.11. The van der Waals surface area contributed by atoms with Crippen LogP contribution >= 0.6 is 15.9 Å². The number of hydrogen-bond donors (Lipinski definition) is 2. The van der Waals surface area contributed by atoms with Gasteiger partial charge < -0.3 is 5.32 Å². The van der Waals surface area contributed by atoms with Crippen LogP contribution in [0.1, 0.15) is 13.8 Å². The van der Waals surface area contributed by atoms with Crippen molar-refractivity contribution in [2.24, 2.45) is 0 Å². The topological polar surface area (TPSA) is 75.3 Å². The third-order valence-electron chi connectivity index (χ3n) is 2.18. The lowest BCUT2D eigenvalue weighted by atomic mass is 10.3. The molecule has 0 saturated carbocycles. The number of nitrogens with one attached hydrogen (secondary N) is 2. The molecule has 7 heteroatoms. The van der Waals surface area contributed by atoms with Gasteiger partial charge in [-0.3, -0.25) is 4.79 Å². The highest BCUT2D eigenvalue weighted by atomic mass is 79.9. The van der Waals surface area contributed by atoms with E-state index in [2.05, 4.69) is 26.0 Å². The highest BCUT2D eigenvalue weighted by Crippen LogP contribution is 2.16. The molecule has 0 bridgehead atoms. The van der Waals surface area contributed by atoms with E-state index in [1.54, 1.807) is 19.1 Å². The minimum atomic E-state index is -3.69. The van der Waals surface area contributed by atoms with Gasteiger partial charge in [0.15, 0.2) is 0 Å². The lowest BCUT2D eigenvalue weighted by Crippen LogP contribution is -2.44. The van der Waals surface area contributed by atoms with Crippen LogP contribution in [0.5, 0.6) is 0 Å². The third kappa shape index (κ3) is 4.08. The van der Waals surface area contributed by atoms with Crippen molar-refractivity contribution in [3.05, 3.63) is 28.7 Å². The van der Waals surface area contributed by atoms with Crippen LogP contribution < -0.4 is 10.0 Å². The monoisotopic (exact) mass is 334 g/mol. The first-order valence-corrected chi connectivity index (χ1v) is 7.70. The van der Waals surface area contributed by atoms with E-state index in [0.29, 0.717) is 11.0 Å². The third-order valence-corrected chi connectivity index (χ3v) is 4.21. The molecule has 0 unspecified atom stereocenters. The minimum absolute atomic E-state index is 0.119. The van der Waals surface area contributed by atoms with Gasteiger partial charge in [0.25, 0.3) is 0 Å². The number of rotatable bonds is 5. The molecule has 5 nitrogen and oxygen atoms in total. The number of likely N-dealkylation sites (N-methyl/N-ethyl adjacent to an activating group) is 1. The molecule has 0 aliphatic carbocycles. The van der Waals surface area contributed by atoms with Gasteiger partial charge in [-0.15, -0.1) is 0 Å². The predicted molar refractivity (Wildman–Crippen MR) is 72.6 cm³/mol. The molecule has 2 N–H and O–H groups in total. The molecule has 100 valence electrons. The van der Waals surface area contributed by atoms with E-state index in [4.69, 9.17) is 0 Å². The van der Waals surface area contributed by atoms with E-state index in [0.717, 1.165) is 0 Å². The summed E-state index contributed by atoms with van der Waals surface area (Å²) in [5.74, 6) is -0.351. The largest absolute Gasteiger partial charge is 0.355 e. The van der Waals surface area contributed by atoms with Gasteiger partial charge in [0, 0.05) is 11.0 Å². The fraction of sp³-hybridized carbons (Fsp3) is 0.364. The van der Waals surface area contributed by atoms with Gasteiger partial charge in [-0.05, 0) is 32.0 Å². The summed E-state index contributed by atoms with van der Waals surface area (Å²) < 4.78 is 27.0. The average molecular weight is 335 g/mol. The molecular formula is C11H15BrN2O3S. The zero-order chi connectivity index (χ0) is 13.8. The Kier molecular flexibility index (Phi) is 5.30. The normalized spacial score (nSPS) is 13.1. The SMILES string of the molecule is CCNC(=O)[C@H](C)NS(=O)(=O)c1cccc(Br)c1. The number of carbonyl (C=O) groups is 1. The molecule has 1 aromatic rings. The van der Waals surface area contributed by atoms with Crippen molar-refractivity contribution in [1.29, 1.82) is 0 Å². The van der Waals surface area contributed by atoms with Gasteiger partial charge in [-0.25, -0.2) is 8.42 Å². The molecule has 0 heterocycles. The second kappa shape index (κ2) is 6.31. The van der Waals surface area contributed by atoms with Gasteiger partial charge in [0.1, 0.15) is 0 Å². The second-order valence-electron chi connectivity index (χ2n) is 3.69. The summed E-state index contributed by atoms with van der Waals surface area (Å²) in [4.78, 5) is 11.6. The Morgan fingerprint density at radius 3 is 2.67 bits per heavy atom. The number of carbonyl (C=O) groups excluding carboxylic acids is 1. The fourth-order valence-electron chi connectivity index (χ4n) is 1.32. The van der Waals surface area contributed by atoms with Gasteiger partial charge in [-0.1, -0.05) is 22.0 Å². The summed E-state index contributed by atoms with van der Waals surface area (Å²) in [7, 11) is -3.69. The molecule has 0 saturated heterocycles. The zero-order valence-electron chi connectivity index (χ0n) is 10.1. The van der Waals surface area contributed by atoms with E-state index in [1.165, 1.54) is 19.1 Å². The van der Waals surface area contributed by atoms with Crippen LogP contribution in [0, 0.1) is 0 Å². The highest BCUT2D eigenvalue weighted by Gasteiger charge is 2.21. The van der Waals surface area contributed by atoms with Gasteiger partial charge in [0.2, 0.25) is 15.9 Å². The minimum Gasteiger partial charge on any atom is -0.355 e. The van der Waals surface area contributed by atoms with Crippen molar-refractivity contribution in [3.8, 4) is 0 Å². The quantitative estimate of drug-likeness (QED) is 0.850. The van der Waals surface area contributed by atoms with Crippen LogP contribution in [-0.2, 0) is 14.8 Å². The lowest BCUT2D eigenvalue weighted by Gasteiger charge is -2.13. The molecule has 0 fully saturated rings. The summed E-state index contributed by atoms with van der Waals surface area (Å²) >= 11 is 3.20. The van der Waals surface area contributed by atoms with Crippen LogP contribution in [0.3, 0.4) is 0 Å². The average Bonchev–Trinajstić information content (AvgIpc) is 2.28. The van der Waals surface area contributed by atoms with E-state index in [9.17, 15) is 13.2 Å².